The van der Waals surface area contributed by atoms with Gasteiger partial charge >= 0.3 is 6.36 Å². The third-order valence-electron chi connectivity index (χ3n) is 5.92. The van der Waals surface area contributed by atoms with Crippen molar-refractivity contribution in [1.29, 1.82) is 0 Å². The number of nitrogens with zero attached hydrogens (tertiary/aromatic N) is 1. The minimum absolute atomic E-state index is 0.0274. The number of anilines is 1. The summed E-state index contributed by atoms with van der Waals surface area (Å²) in [6.45, 7) is 0. The third kappa shape index (κ3) is 4.72. The lowest BCUT2D eigenvalue weighted by atomic mass is 9.94. The van der Waals surface area contributed by atoms with Crippen LogP contribution in [0.5, 0.6) is 11.5 Å². The number of halogens is 4. The van der Waals surface area contributed by atoms with Gasteiger partial charge in [-0.05, 0) is 54.1 Å². The SMILES string of the molecule is COc1ccc(C2C(C(=O)c3cc4cc(Br)ccc4o3)=C(O)C(=O)N2c2cccc(OC(F)(F)F)c2)cc1. The molecule has 5 rings (SSSR count). The first-order valence-electron chi connectivity index (χ1n) is 11.1. The summed E-state index contributed by atoms with van der Waals surface area (Å²) in [6.07, 6.45) is -4.96. The molecule has 1 aliphatic heterocycles. The predicted octanol–water partition coefficient (Wildman–Crippen LogP) is 6.89. The smallest absolute Gasteiger partial charge is 0.503 e. The standard InChI is InChI=1S/C27H17BrF3NO6/c1-36-18-8-5-14(6-9-18)23-22(24(33)21-12-15-11-16(28)7-10-20(15)37-21)25(34)26(35)32(23)17-3-2-4-19(13-17)38-27(29,30)31/h2-13,23,34H,1H3. The highest BCUT2D eigenvalue weighted by atomic mass is 79.9. The first-order valence-corrected chi connectivity index (χ1v) is 11.9. The van der Waals surface area contributed by atoms with Crippen LogP contribution in [0.25, 0.3) is 11.0 Å². The number of ketones is 1. The van der Waals surface area contributed by atoms with E-state index >= 15 is 0 Å². The van der Waals surface area contributed by atoms with Gasteiger partial charge in [-0.3, -0.25) is 14.5 Å². The summed E-state index contributed by atoms with van der Waals surface area (Å²) in [5, 5.41) is 11.5. The number of ether oxygens (including phenoxy) is 2. The van der Waals surface area contributed by atoms with Crippen molar-refractivity contribution in [2.24, 2.45) is 0 Å². The molecule has 11 heteroatoms. The first kappa shape index (κ1) is 25.4. The van der Waals surface area contributed by atoms with Crippen LogP contribution in [-0.2, 0) is 4.79 Å². The number of alkyl halides is 3. The Morgan fingerprint density at radius 2 is 1.76 bits per heavy atom. The van der Waals surface area contributed by atoms with Crippen LogP contribution in [-0.4, -0.2) is 30.3 Å². The highest BCUT2D eigenvalue weighted by molar-refractivity contribution is 9.10. The van der Waals surface area contributed by atoms with Gasteiger partial charge in [0.2, 0.25) is 5.78 Å². The first-order chi connectivity index (χ1) is 18.1. The van der Waals surface area contributed by atoms with Crippen LogP contribution in [0.15, 0.2) is 93.0 Å². The second kappa shape index (κ2) is 9.56. The second-order valence-corrected chi connectivity index (χ2v) is 9.20. The molecule has 1 N–H and O–H groups in total. The molecule has 0 aliphatic carbocycles. The van der Waals surface area contributed by atoms with E-state index in [1.807, 2.05) is 0 Å². The third-order valence-corrected chi connectivity index (χ3v) is 6.41. The molecule has 1 unspecified atom stereocenters. The molecule has 3 aromatic carbocycles. The summed E-state index contributed by atoms with van der Waals surface area (Å²) < 4.78 is 54.2. The molecular weight excluding hydrogens is 571 g/mol. The van der Waals surface area contributed by atoms with Crippen molar-refractivity contribution in [3.05, 3.63) is 99.9 Å². The maximum absolute atomic E-state index is 13.7. The molecule has 4 aromatic rings. The van der Waals surface area contributed by atoms with Crippen molar-refractivity contribution < 1.29 is 41.8 Å². The fraction of sp³-hybridized carbons (Fsp3) is 0.111. The molecular formula is C27H17BrF3NO6. The predicted molar refractivity (Wildman–Crippen MR) is 134 cm³/mol. The molecule has 0 radical (unpaired) electrons. The fourth-order valence-corrected chi connectivity index (χ4v) is 4.67. The largest absolute Gasteiger partial charge is 0.573 e. The molecule has 194 valence electrons. The number of aliphatic hydroxyl groups is 1. The van der Waals surface area contributed by atoms with Gasteiger partial charge in [0.05, 0.1) is 18.7 Å². The number of amides is 1. The molecule has 0 bridgehead atoms. The molecule has 1 aliphatic rings. The summed E-state index contributed by atoms with van der Waals surface area (Å²) in [5.41, 5.74) is 0.490. The molecule has 0 spiro atoms. The number of carbonyl (C=O) groups is 2. The van der Waals surface area contributed by atoms with E-state index in [1.165, 1.54) is 25.3 Å². The van der Waals surface area contributed by atoms with Crippen LogP contribution in [0.1, 0.15) is 22.2 Å². The summed E-state index contributed by atoms with van der Waals surface area (Å²) in [5.74, 6) is -2.78. The molecule has 0 fully saturated rings. The van der Waals surface area contributed by atoms with E-state index in [-0.39, 0.29) is 17.0 Å². The van der Waals surface area contributed by atoms with Crippen molar-refractivity contribution in [1.82, 2.24) is 0 Å². The van der Waals surface area contributed by atoms with Crippen LogP contribution in [0.4, 0.5) is 18.9 Å². The fourth-order valence-electron chi connectivity index (χ4n) is 4.29. The van der Waals surface area contributed by atoms with Gasteiger partial charge in [0.1, 0.15) is 17.1 Å². The Morgan fingerprint density at radius 3 is 2.45 bits per heavy atom. The molecule has 0 saturated carbocycles. The van der Waals surface area contributed by atoms with E-state index in [0.717, 1.165) is 21.5 Å². The van der Waals surface area contributed by atoms with E-state index < -0.39 is 35.6 Å². The van der Waals surface area contributed by atoms with E-state index in [2.05, 4.69) is 20.7 Å². The zero-order valence-corrected chi connectivity index (χ0v) is 21.0. The van der Waals surface area contributed by atoms with Crippen LogP contribution >= 0.6 is 15.9 Å². The normalized spacial score (nSPS) is 15.9. The molecule has 0 saturated heterocycles. The topological polar surface area (TPSA) is 89.2 Å². The Hall–Kier alpha value is -4.25. The number of methoxy groups -OCH3 is 1. The van der Waals surface area contributed by atoms with Crippen molar-refractivity contribution in [3.8, 4) is 11.5 Å². The number of carbonyl (C=O) groups excluding carboxylic acids is 2. The highest BCUT2D eigenvalue weighted by Gasteiger charge is 2.45. The second-order valence-electron chi connectivity index (χ2n) is 8.28. The van der Waals surface area contributed by atoms with Gasteiger partial charge < -0.3 is 19.0 Å². The number of aliphatic hydroxyl groups excluding tert-OH is 1. The number of hydrogen-bond acceptors (Lipinski definition) is 6. The van der Waals surface area contributed by atoms with Crippen molar-refractivity contribution >= 4 is 44.3 Å². The Kier molecular flexibility index (Phi) is 6.39. The Morgan fingerprint density at radius 1 is 1.03 bits per heavy atom. The Labute approximate surface area is 221 Å². The average Bonchev–Trinajstić information content (AvgIpc) is 3.41. The quantitative estimate of drug-likeness (QED) is 0.247. The number of rotatable bonds is 6. The zero-order chi connectivity index (χ0) is 27.2. The van der Waals surface area contributed by atoms with Gasteiger partial charge in [0.25, 0.3) is 5.91 Å². The summed E-state index contributed by atoms with van der Waals surface area (Å²) in [7, 11) is 1.47. The van der Waals surface area contributed by atoms with Gasteiger partial charge in [-0.2, -0.15) is 0 Å². The zero-order valence-electron chi connectivity index (χ0n) is 19.5. The van der Waals surface area contributed by atoms with E-state index in [1.54, 1.807) is 42.5 Å². The molecule has 7 nitrogen and oxygen atoms in total. The number of Topliss-reactive ketones (excluding diaryl/α,β-unsaturated/α-hetero) is 1. The van der Waals surface area contributed by atoms with Crippen LogP contribution in [0.2, 0.25) is 0 Å². The molecule has 1 aromatic heterocycles. The van der Waals surface area contributed by atoms with Crippen molar-refractivity contribution in [3.63, 3.8) is 0 Å². The van der Waals surface area contributed by atoms with E-state index in [0.29, 0.717) is 22.3 Å². The van der Waals surface area contributed by atoms with Gasteiger partial charge in [-0.25, -0.2) is 0 Å². The van der Waals surface area contributed by atoms with E-state index in [9.17, 15) is 27.9 Å². The van der Waals surface area contributed by atoms with Gasteiger partial charge in [-0.15, -0.1) is 13.2 Å². The lowest BCUT2D eigenvalue weighted by Crippen LogP contribution is -2.31. The summed E-state index contributed by atoms with van der Waals surface area (Å²) in [6, 6.07) is 16.5. The molecule has 1 amide bonds. The summed E-state index contributed by atoms with van der Waals surface area (Å²) in [4.78, 5) is 28.0. The number of furan rings is 1. The minimum atomic E-state index is -4.96. The Balaban J connectivity index is 1.63. The minimum Gasteiger partial charge on any atom is -0.503 e. The maximum Gasteiger partial charge on any atom is 0.573 e. The lowest BCUT2D eigenvalue weighted by Gasteiger charge is -2.27. The summed E-state index contributed by atoms with van der Waals surface area (Å²) >= 11 is 3.35. The van der Waals surface area contributed by atoms with Crippen molar-refractivity contribution in [2.45, 2.75) is 12.4 Å². The average molecular weight is 588 g/mol. The maximum atomic E-state index is 13.7. The molecule has 38 heavy (non-hydrogen) atoms. The Bertz CT molecular complexity index is 1590. The monoisotopic (exact) mass is 587 g/mol. The lowest BCUT2D eigenvalue weighted by molar-refractivity contribution is -0.274. The van der Waals surface area contributed by atoms with E-state index in [4.69, 9.17) is 9.15 Å². The van der Waals surface area contributed by atoms with Crippen LogP contribution in [0.3, 0.4) is 0 Å². The van der Waals surface area contributed by atoms with Gasteiger partial charge in [0, 0.05) is 21.6 Å². The van der Waals surface area contributed by atoms with Gasteiger partial charge in [-0.1, -0.05) is 34.1 Å². The molecule has 2 heterocycles. The van der Waals surface area contributed by atoms with Crippen LogP contribution in [0, 0.1) is 0 Å². The number of hydrogen-bond donors (Lipinski definition) is 1. The molecule has 1 atom stereocenters. The van der Waals surface area contributed by atoms with Gasteiger partial charge in [0.15, 0.2) is 11.5 Å². The van der Waals surface area contributed by atoms with Crippen LogP contribution < -0.4 is 14.4 Å². The highest BCUT2D eigenvalue weighted by Crippen LogP contribution is 2.43. The number of benzene rings is 3. The number of fused-ring (bicyclic) bond motifs is 1. The van der Waals surface area contributed by atoms with Crippen molar-refractivity contribution in [2.75, 3.05) is 12.0 Å².